The lowest BCUT2D eigenvalue weighted by atomic mass is 10.2. The van der Waals surface area contributed by atoms with Crippen molar-refractivity contribution in [1.29, 1.82) is 0 Å². The molecule has 2 unspecified atom stereocenters. The van der Waals surface area contributed by atoms with Gasteiger partial charge < -0.3 is 24.6 Å². The van der Waals surface area contributed by atoms with E-state index < -0.39 is 42.3 Å². The standard InChI is InChI=1S/C14H24N2O7/c1-14(2,3)23-13(20)16-5-6-22-8-10(16)11(18)15-9(7-17)12(19)21-4/h9-10,17H,5-8H2,1-4H3,(H,15,18). The number of ether oxygens (including phenoxy) is 3. The summed E-state index contributed by atoms with van der Waals surface area (Å²) >= 11 is 0. The molecule has 0 aromatic carbocycles. The number of nitrogens with one attached hydrogen (secondary N) is 1. The number of amides is 2. The third-order valence-electron chi connectivity index (χ3n) is 3.04. The SMILES string of the molecule is COC(=O)C(CO)NC(=O)C1COCCN1C(=O)OC(C)(C)C. The maximum Gasteiger partial charge on any atom is 0.411 e. The molecule has 0 aliphatic carbocycles. The monoisotopic (exact) mass is 332 g/mol. The van der Waals surface area contributed by atoms with Gasteiger partial charge >= 0.3 is 12.1 Å². The predicted molar refractivity (Wildman–Crippen MR) is 78.6 cm³/mol. The first-order valence-electron chi connectivity index (χ1n) is 7.26. The summed E-state index contributed by atoms with van der Waals surface area (Å²) in [5.74, 6) is -1.40. The molecule has 0 aromatic heterocycles. The number of nitrogens with zero attached hydrogens (tertiary/aromatic N) is 1. The maximum atomic E-state index is 12.3. The Kier molecular flexibility index (Phi) is 6.77. The molecule has 2 N–H and O–H groups in total. The van der Waals surface area contributed by atoms with Crippen LogP contribution in [0.15, 0.2) is 0 Å². The highest BCUT2D eigenvalue weighted by Gasteiger charge is 2.37. The Balaban J connectivity index is 2.78. The van der Waals surface area contributed by atoms with Gasteiger partial charge in [0.25, 0.3) is 0 Å². The van der Waals surface area contributed by atoms with Crippen LogP contribution < -0.4 is 5.32 Å². The largest absolute Gasteiger partial charge is 0.467 e. The van der Waals surface area contributed by atoms with E-state index in [2.05, 4.69) is 10.1 Å². The van der Waals surface area contributed by atoms with E-state index in [4.69, 9.17) is 14.6 Å². The molecule has 0 saturated carbocycles. The molecule has 0 bridgehead atoms. The van der Waals surface area contributed by atoms with Crippen molar-refractivity contribution in [3.05, 3.63) is 0 Å². The fourth-order valence-corrected chi connectivity index (χ4v) is 1.95. The third-order valence-corrected chi connectivity index (χ3v) is 3.04. The van der Waals surface area contributed by atoms with Crippen LogP contribution in [-0.2, 0) is 23.8 Å². The van der Waals surface area contributed by atoms with E-state index in [1.807, 2.05) is 0 Å². The summed E-state index contributed by atoms with van der Waals surface area (Å²) in [7, 11) is 1.15. The molecule has 1 fully saturated rings. The van der Waals surface area contributed by atoms with Crippen molar-refractivity contribution in [3.63, 3.8) is 0 Å². The molecular weight excluding hydrogens is 308 g/mol. The molecule has 1 rings (SSSR count). The van der Waals surface area contributed by atoms with Crippen LogP contribution >= 0.6 is 0 Å². The Morgan fingerprint density at radius 2 is 2.04 bits per heavy atom. The van der Waals surface area contributed by atoms with Crippen LogP contribution in [0.3, 0.4) is 0 Å². The first kappa shape index (κ1) is 19.2. The number of methoxy groups -OCH3 is 1. The van der Waals surface area contributed by atoms with Crippen molar-refractivity contribution in [2.45, 2.75) is 38.5 Å². The Morgan fingerprint density at radius 1 is 1.39 bits per heavy atom. The lowest BCUT2D eigenvalue weighted by molar-refractivity contribution is -0.147. The Labute approximate surface area is 134 Å². The van der Waals surface area contributed by atoms with Crippen LogP contribution in [0.2, 0.25) is 0 Å². The van der Waals surface area contributed by atoms with Gasteiger partial charge in [-0.25, -0.2) is 9.59 Å². The summed E-state index contributed by atoms with van der Waals surface area (Å²) in [5.41, 5.74) is -0.698. The summed E-state index contributed by atoms with van der Waals surface area (Å²) in [6, 6.07) is -2.15. The highest BCUT2D eigenvalue weighted by atomic mass is 16.6. The number of carbonyl (C=O) groups is 3. The minimum atomic E-state index is -1.20. The van der Waals surface area contributed by atoms with E-state index in [0.717, 1.165) is 7.11 Å². The molecule has 1 heterocycles. The molecule has 2 atom stereocenters. The molecule has 0 aromatic rings. The normalized spacial score (nSPS) is 19.7. The number of hydrogen-bond donors (Lipinski definition) is 2. The lowest BCUT2D eigenvalue weighted by Crippen LogP contribution is -2.59. The number of aliphatic hydroxyl groups is 1. The summed E-state index contributed by atoms with van der Waals surface area (Å²) in [4.78, 5) is 37.2. The Morgan fingerprint density at radius 3 is 2.57 bits per heavy atom. The van der Waals surface area contributed by atoms with Gasteiger partial charge in [-0.1, -0.05) is 0 Å². The Bertz CT molecular complexity index is 447. The molecule has 132 valence electrons. The van der Waals surface area contributed by atoms with Gasteiger partial charge in [-0.05, 0) is 20.8 Å². The van der Waals surface area contributed by atoms with Gasteiger partial charge in [0.1, 0.15) is 11.6 Å². The molecular formula is C14H24N2O7. The second-order valence-corrected chi connectivity index (χ2v) is 6.03. The minimum Gasteiger partial charge on any atom is -0.467 e. The van der Waals surface area contributed by atoms with Gasteiger partial charge in [0.2, 0.25) is 5.91 Å². The van der Waals surface area contributed by atoms with E-state index >= 15 is 0 Å². The first-order valence-corrected chi connectivity index (χ1v) is 7.26. The molecule has 1 aliphatic heterocycles. The average Bonchev–Trinajstić information content (AvgIpc) is 2.49. The van der Waals surface area contributed by atoms with Crippen molar-refractivity contribution >= 4 is 18.0 Å². The van der Waals surface area contributed by atoms with E-state index in [9.17, 15) is 14.4 Å². The van der Waals surface area contributed by atoms with Crippen molar-refractivity contribution in [1.82, 2.24) is 10.2 Å². The molecule has 2 amide bonds. The topological polar surface area (TPSA) is 114 Å². The summed E-state index contributed by atoms with van der Waals surface area (Å²) in [6.07, 6.45) is -0.639. The molecule has 23 heavy (non-hydrogen) atoms. The third kappa shape index (κ3) is 5.68. The predicted octanol–water partition coefficient (Wildman–Crippen LogP) is -0.728. The highest BCUT2D eigenvalue weighted by molar-refractivity contribution is 5.90. The Hall–Kier alpha value is -1.87. The van der Waals surface area contributed by atoms with Crippen LogP contribution in [0, 0.1) is 0 Å². The molecule has 1 aliphatic rings. The zero-order valence-electron chi connectivity index (χ0n) is 13.8. The smallest absolute Gasteiger partial charge is 0.411 e. The van der Waals surface area contributed by atoms with Crippen molar-refractivity contribution in [2.24, 2.45) is 0 Å². The fraction of sp³-hybridized carbons (Fsp3) is 0.786. The number of carbonyl (C=O) groups excluding carboxylic acids is 3. The van der Waals surface area contributed by atoms with Crippen LogP contribution in [0.1, 0.15) is 20.8 Å². The molecule has 9 nitrogen and oxygen atoms in total. The van der Waals surface area contributed by atoms with Crippen LogP contribution in [0.5, 0.6) is 0 Å². The van der Waals surface area contributed by atoms with Gasteiger partial charge in [-0.3, -0.25) is 9.69 Å². The van der Waals surface area contributed by atoms with E-state index in [1.165, 1.54) is 4.90 Å². The second-order valence-electron chi connectivity index (χ2n) is 6.03. The van der Waals surface area contributed by atoms with Crippen molar-refractivity contribution in [2.75, 3.05) is 33.5 Å². The van der Waals surface area contributed by atoms with Crippen LogP contribution in [0.4, 0.5) is 4.79 Å². The summed E-state index contributed by atoms with van der Waals surface area (Å²) in [6.45, 7) is 5.00. The van der Waals surface area contributed by atoms with E-state index in [-0.39, 0.29) is 19.8 Å². The van der Waals surface area contributed by atoms with Crippen molar-refractivity contribution in [3.8, 4) is 0 Å². The fourth-order valence-electron chi connectivity index (χ4n) is 1.95. The number of morpholine rings is 1. The quantitative estimate of drug-likeness (QED) is 0.652. The number of hydrogen-bond acceptors (Lipinski definition) is 7. The van der Waals surface area contributed by atoms with E-state index in [0.29, 0.717) is 0 Å². The number of rotatable bonds is 4. The molecule has 0 spiro atoms. The van der Waals surface area contributed by atoms with E-state index in [1.54, 1.807) is 20.8 Å². The van der Waals surface area contributed by atoms with Crippen LogP contribution in [-0.4, -0.2) is 79.1 Å². The average molecular weight is 332 g/mol. The van der Waals surface area contributed by atoms with Gasteiger partial charge in [0, 0.05) is 6.54 Å². The molecule has 9 heteroatoms. The highest BCUT2D eigenvalue weighted by Crippen LogP contribution is 2.15. The van der Waals surface area contributed by atoms with Gasteiger partial charge in [0.05, 0.1) is 26.9 Å². The lowest BCUT2D eigenvalue weighted by Gasteiger charge is -2.36. The zero-order valence-corrected chi connectivity index (χ0v) is 13.8. The number of aliphatic hydroxyl groups excluding tert-OH is 1. The van der Waals surface area contributed by atoms with Gasteiger partial charge in [0.15, 0.2) is 6.04 Å². The first-order chi connectivity index (χ1) is 10.7. The minimum absolute atomic E-state index is 0.0234. The van der Waals surface area contributed by atoms with Crippen molar-refractivity contribution < 1.29 is 33.7 Å². The zero-order chi connectivity index (χ0) is 17.6. The van der Waals surface area contributed by atoms with Crippen LogP contribution in [0.25, 0.3) is 0 Å². The van der Waals surface area contributed by atoms with Gasteiger partial charge in [-0.15, -0.1) is 0 Å². The van der Waals surface area contributed by atoms with Gasteiger partial charge in [-0.2, -0.15) is 0 Å². The summed E-state index contributed by atoms with van der Waals surface area (Å²) in [5, 5.41) is 11.5. The summed E-state index contributed by atoms with van der Waals surface area (Å²) < 4.78 is 15.0. The maximum absolute atomic E-state index is 12.3. The number of esters is 1. The molecule has 1 saturated heterocycles. The molecule has 0 radical (unpaired) electrons. The second kappa shape index (κ2) is 8.11.